The second kappa shape index (κ2) is 6.78. The molecule has 0 radical (unpaired) electrons. The Balaban J connectivity index is 2.03. The first-order valence-electron chi connectivity index (χ1n) is 7.50. The zero-order chi connectivity index (χ0) is 17.2. The number of carbonyl (C=O) groups excluding carboxylic acids is 1. The molecule has 7 heteroatoms. The molecule has 1 aliphatic rings. The Hall–Kier alpha value is -1.76. The van der Waals surface area contributed by atoms with E-state index in [0.717, 1.165) is 16.0 Å². The van der Waals surface area contributed by atoms with Crippen LogP contribution >= 0.6 is 0 Å². The molecule has 1 heterocycles. The van der Waals surface area contributed by atoms with Crippen LogP contribution in [0, 0.1) is 13.8 Å². The number of alkyl halides is 3. The Labute approximate surface area is 133 Å². The normalized spacial score (nSPS) is 22.1. The predicted molar refractivity (Wildman–Crippen MR) is 80.2 cm³/mol. The molecule has 2 N–H and O–H groups in total. The van der Waals surface area contributed by atoms with Gasteiger partial charge >= 0.3 is 6.18 Å². The van der Waals surface area contributed by atoms with Gasteiger partial charge in [0.15, 0.2) is 6.61 Å². The molecule has 1 aromatic rings. The zero-order valence-corrected chi connectivity index (χ0v) is 13.2. The molecule has 0 bridgehead atoms. The minimum Gasteiger partial charge on any atom is -0.484 e. The largest absolute Gasteiger partial charge is 0.484 e. The Kier molecular flexibility index (Phi) is 5.19. The van der Waals surface area contributed by atoms with Crippen molar-refractivity contribution in [2.75, 3.05) is 13.2 Å². The molecular weight excluding hydrogens is 309 g/mol. The number of carbonyl (C=O) groups is 1. The molecule has 1 aliphatic heterocycles. The summed E-state index contributed by atoms with van der Waals surface area (Å²) in [4.78, 5) is 13.0. The predicted octanol–water partition coefficient (Wildman–Crippen LogP) is 2.56. The van der Waals surface area contributed by atoms with E-state index in [0.29, 0.717) is 5.75 Å². The molecule has 0 saturated carbocycles. The third-order valence-electron chi connectivity index (χ3n) is 4.16. The summed E-state index contributed by atoms with van der Waals surface area (Å²) in [6.07, 6.45) is -4.36. The third-order valence-corrected chi connectivity index (χ3v) is 4.16. The summed E-state index contributed by atoms with van der Waals surface area (Å²) in [5.74, 6) is -0.230. The number of ether oxygens (including phenoxy) is 1. The van der Waals surface area contributed by atoms with Gasteiger partial charge in [-0.25, -0.2) is 0 Å². The van der Waals surface area contributed by atoms with Crippen LogP contribution in [0.15, 0.2) is 18.2 Å². The first kappa shape index (κ1) is 17.6. The van der Waals surface area contributed by atoms with Crippen molar-refractivity contribution >= 4 is 5.91 Å². The van der Waals surface area contributed by atoms with Gasteiger partial charge in [-0.05, 0) is 49.9 Å². The van der Waals surface area contributed by atoms with Gasteiger partial charge in [-0.15, -0.1) is 0 Å². The number of piperidine rings is 1. The lowest BCUT2D eigenvalue weighted by Gasteiger charge is -2.39. The summed E-state index contributed by atoms with van der Waals surface area (Å²) in [5.41, 5.74) is 7.77. The fourth-order valence-corrected chi connectivity index (χ4v) is 2.65. The van der Waals surface area contributed by atoms with Crippen molar-refractivity contribution in [3.8, 4) is 5.75 Å². The lowest BCUT2D eigenvalue weighted by molar-refractivity contribution is -0.197. The summed E-state index contributed by atoms with van der Waals surface area (Å²) in [5, 5.41) is 0. The van der Waals surface area contributed by atoms with Crippen molar-refractivity contribution in [2.45, 2.75) is 44.9 Å². The van der Waals surface area contributed by atoms with Gasteiger partial charge in [0.2, 0.25) is 0 Å². The van der Waals surface area contributed by atoms with Crippen molar-refractivity contribution in [1.82, 2.24) is 4.90 Å². The van der Waals surface area contributed by atoms with Gasteiger partial charge in [-0.2, -0.15) is 13.2 Å². The topological polar surface area (TPSA) is 55.6 Å². The van der Waals surface area contributed by atoms with Crippen LogP contribution in [0.3, 0.4) is 0 Å². The number of aryl methyl sites for hydroxylation is 2. The smallest absolute Gasteiger partial charge is 0.408 e. The van der Waals surface area contributed by atoms with Gasteiger partial charge in [0.1, 0.15) is 11.8 Å². The maximum absolute atomic E-state index is 13.1. The van der Waals surface area contributed by atoms with E-state index < -0.39 is 30.8 Å². The van der Waals surface area contributed by atoms with E-state index in [-0.39, 0.29) is 19.4 Å². The van der Waals surface area contributed by atoms with Crippen molar-refractivity contribution < 1.29 is 22.7 Å². The van der Waals surface area contributed by atoms with Crippen LogP contribution in [-0.4, -0.2) is 42.2 Å². The monoisotopic (exact) mass is 330 g/mol. The minimum atomic E-state index is -4.45. The highest BCUT2D eigenvalue weighted by atomic mass is 19.4. The van der Waals surface area contributed by atoms with E-state index in [2.05, 4.69) is 0 Å². The van der Waals surface area contributed by atoms with Gasteiger partial charge in [-0.1, -0.05) is 6.07 Å². The molecule has 1 saturated heterocycles. The Morgan fingerprint density at radius 2 is 2.00 bits per heavy atom. The molecule has 128 valence electrons. The summed E-state index contributed by atoms with van der Waals surface area (Å²) in [7, 11) is 0. The first-order chi connectivity index (χ1) is 10.7. The number of amides is 1. The van der Waals surface area contributed by atoms with E-state index in [1.165, 1.54) is 0 Å². The van der Waals surface area contributed by atoms with Crippen LogP contribution in [0.25, 0.3) is 0 Å². The molecule has 4 nitrogen and oxygen atoms in total. The summed E-state index contributed by atoms with van der Waals surface area (Å²) >= 11 is 0. The average molecular weight is 330 g/mol. The highest BCUT2D eigenvalue weighted by Gasteiger charge is 2.47. The maximum Gasteiger partial charge on any atom is 0.408 e. The zero-order valence-electron chi connectivity index (χ0n) is 13.2. The quantitative estimate of drug-likeness (QED) is 0.927. The lowest BCUT2D eigenvalue weighted by Crippen LogP contribution is -2.57. The molecule has 23 heavy (non-hydrogen) atoms. The minimum absolute atomic E-state index is 0.0979. The molecular formula is C16H21F3N2O2. The van der Waals surface area contributed by atoms with Gasteiger partial charge < -0.3 is 15.4 Å². The molecule has 0 aliphatic carbocycles. The Bertz CT molecular complexity index is 575. The van der Waals surface area contributed by atoms with E-state index in [4.69, 9.17) is 10.5 Å². The van der Waals surface area contributed by atoms with Crippen LogP contribution in [-0.2, 0) is 4.79 Å². The van der Waals surface area contributed by atoms with Gasteiger partial charge in [-0.3, -0.25) is 4.79 Å². The summed E-state index contributed by atoms with van der Waals surface area (Å²) in [6.45, 7) is 3.31. The van der Waals surface area contributed by atoms with Gasteiger partial charge in [0.05, 0.1) is 0 Å². The van der Waals surface area contributed by atoms with Crippen LogP contribution < -0.4 is 10.5 Å². The number of nitrogens with two attached hydrogens (primary N) is 1. The molecule has 1 amide bonds. The number of likely N-dealkylation sites (tertiary alicyclic amines) is 1. The Morgan fingerprint density at radius 1 is 1.30 bits per heavy atom. The Morgan fingerprint density at radius 3 is 2.61 bits per heavy atom. The second-order valence-electron chi connectivity index (χ2n) is 5.98. The number of halogens is 3. The van der Waals surface area contributed by atoms with Gasteiger partial charge in [0, 0.05) is 12.6 Å². The number of benzene rings is 1. The molecule has 0 aromatic heterocycles. The van der Waals surface area contributed by atoms with Crippen molar-refractivity contribution in [1.29, 1.82) is 0 Å². The summed E-state index contributed by atoms with van der Waals surface area (Å²) in [6, 6.07) is 3.08. The number of hydrogen-bond acceptors (Lipinski definition) is 3. The molecule has 0 unspecified atom stereocenters. The molecule has 2 atom stereocenters. The molecule has 1 aromatic carbocycles. The second-order valence-corrected chi connectivity index (χ2v) is 5.98. The highest BCUT2D eigenvalue weighted by molar-refractivity contribution is 5.78. The fraction of sp³-hybridized carbons (Fsp3) is 0.562. The first-order valence-corrected chi connectivity index (χ1v) is 7.50. The third kappa shape index (κ3) is 4.37. The van der Waals surface area contributed by atoms with Crippen LogP contribution in [0.2, 0.25) is 0 Å². The highest BCUT2D eigenvalue weighted by Crippen LogP contribution is 2.31. The number of rotatable bonds is 3. The van der Waals surface area contributed by atoms with Crippen molar-refractivity contribution in [3.05, 3.63) is 29.3 Å². The molecule has 2 rings (SSSR count). The maximum atomic E-state index is 13.1. The lowest BCUT2D eigenvalue weighted by atomic mass is 9.98. The van der Waals surface area contributed by atoms with E-state index in [9.17, 15) is 18.0 Å². The number of nitrogens with zero attached hydrogens (tertiary/aromatic N) is 1. The summed E-state index contributed by atoms with van der Waals surface area (Å²) < 4.78 is 44.5. The van der Waals surface area contributed by atoms with Gasteiger partial charge in [0.25, 0.3) is 5.91 Å². The average Bonchev–Trinajstić information content (AvgIpc) is 2.46. The van der Waals surface area contributed by atoms with E-state index in [1.54, 1.807) is 12.1 Å². The molecule has 1 fully saturated rings. The fourth-order valence-electron chi connectivity index (χ4n) is 2.65. The van der Waals surface area contributed by atoms with Crippen molar-refractivity contribution in [2.24, 2.45) is 5.73 Å². The van der Waals surface area contributed by atoms with Crippen LogP contribution in [0.1, 0.15) is 24.0 Å². The van der Waals surface area contributed by atoms with E-state index in [1.807, 2.05) is 19.9 Å². The van der Waals surface area contributed by atoms with E-state index >= 15 is 0 Å². The van der Waals surface area contributed by atoms with Crippen LogP contribution in [0.5, 0.6) is 5.75 Å². The van der Waals surface area contributed by atoms with Crippen molar-refractivity contribution in [3.63, 3.8) is 0 Å². The standard InChI is InChI=1S/C16H21F3N2O2/c1-10-3-5-13(7-11(10)2)23-9-15(22)21-8-12(20)4-6-14(21)16(17,18)19/h3,5,7,12,14H,4,6,8-9,20H2,1-2H3/t12-,14-/m1/s1. The van der Waals surface area contributed by atoms with Crippen LogP contribution in [0.4, 0.5) is 13.2 Å². The molecule has 0 spiro atoms. The number of hydrogen-bond donors (Lipinski definition) is 1. The SMILES string of the molecule is Cc1ccc(OCC(=O)N2C[C@H](N)CC[C@@H]2C(F)(F)F)cc1C.